The van der Waals surface area contributed by atoms with Gasteiger partial charge in [-0.3, -0.25) is 14.9 Å². The van der Waals surface area contributed by atoms with Crippen molar-refractivity contribution in [2.24, 2.45) is 0 Å². The lowest BCUT2D eigenvalue weighted by atomic mass is 10.1. The van der Waals surface area contributed by atoms with E-state index < -0.39 is 27.6 Å². The third-order valence-electron chi connectivity index (χ3n) is 5.77. The summed E-state index contributed by atoms with van der Waals surface area (Å²) in [5.41, 5.74) is 6.37. The van der Waals surface area contributed by atoms with Gasteiger partial charge in [-0.05, 0) is 35.9 Å². The van der Waals surface area contributed by atoms with Crippen molar-refractivity contribution in [2.75, 3.05) is 16.9 Å². The van der Waals surface area contributed by atoms with Gasteiger partial charge >= 0.3 is 6.18 Å². The number of sulfone groups is 1. The van der Waals surface area contributed by atoms with E-state index in [0.29, 0.717) is 28.0 Å². The fourth-order valence-corrected chi connectivity index (χ4v) is 4.83. The van der Waals surface area contributed by atoms with E-state index in [1.807, 2.05) is 0 Å². The zero-order valence-corrected chi connectivity index (χ0v) is 20.4. The number of nitrogens with one attached hydrogen (secondary N) is 1. The molecule has 0 saturated heterocycles. The molecule has 5 aromatic rings. The summed E-state index contributed by atoms with van der Waals surface area (Å²) < 4.78 is 63.9. The minimum absolute atomic E-state index is 0.0449. The minimum Gasteiger partial charge on any atom is -0.383 e. The average molecular weight is 542 g/mol. The van der Waals surface area contributed by atoms with Crippen molar-refractivity contribution in [1.82, 2.24) is 25.1 Å². The molecule has 1 aromatic carbocycles. The molecule has 10 nitrogen and oxygen atoms in total. The smallest absolute Gasteiger partial charge is 0.383 e. The Labute approximate surface area is 213 Å². The molecule has 14 heteroatoms. The van der Waals surface area contributed by atoms with Crippen molar-refractivity contribution in [3.63, 3.8) is 0 Å². The Balaban J connectivity index is 1.61. The van der Waals surface area contributed by atoms with Crippen molar-refractivity contribution < 1.29 is 26.4 Å². The number of nitrogens with zero attached hydrogens (tertiary/aromatic N) is 5. The number of anilines is 2. The maximum absolute atomic E-state index is 13.6. The molecule has 0 saturated carbocycles. The fraction of sp³-hybridized carbons (Fsp3) is 0.125. The van der Waals surface area contributed by atoms with E-state index in [2.05, 4.69) is 25.1 Å². The van der Waals surface area contributed by atoms with Gasteiger partial charge in [-0.1, -0.05) is 12.1 Å². The molecule has 4 aromatic heterocycles. The molecule has 0 fully saturated rings. The van der Waals surface area contributed by atoms with E-state index in [9.17, 15) is 26.4 Å². The molecule has 0 unspecified atom stereocenters. The maximum Gasteiger partial charge on any atom is 0.433 e. The molecule has 0 spiro atoms. The molecule has 0 aliphatic rings. The zero-order valence-electron chi connectivity index (χ0n) is 19.6. The largest absolute Gasteiger partial charge is 0.433 e. The van der Waals surface area contributed by atoms with Gasteiger partial charge in [0.05, 0.1) is 40.4 Å². The number of amides is 1. The summed E-state index contributed by atoms with van der Waals surface area (Å²) in [6, 6.07) is 9.65. The molecule has 5 rings (SSSR count). The maximum atomic E-state index is 13.6. The number of aromatic nitrogens is 5. The van der Waals surface area contributed by atoms with Crippen LogP contribution in [0.1, 0.15) is 21.6 Å². The highest BCUT2D eigenvalue weighted by atomic mass is 32.2. The molecule has 194 valence electrons. The lowest BCUT2D eigenvalue weighted by Crippen LogP contribution is -2.32. The van der Waals surface area contributed by atoms with Crippen LogP contribution >= 0.6 is 0 Å². The molecule has 0 aliphatic heterocycles. The second-order valence-electron chi connectivity index (χ2n) is 8.43. The number of nitrogens with two attached hydrogens (primary N) is 1. The third-order valence-corrected chi connectivity index (χ3v) is 6.78. The van der Waals surface area contributed by atoms with Crippen molar-refractivity contribution in [3.05, 3.63) is 77.9 Å². The van der Waals surface area contributed by atoms with Crippen LogP contribution in [0.4, 0.5) is 24.7 Å². The van der Waals surface area contributed by atoms with Crippen LogP contribution in [-0.4, -0.2) is 45.7 Å². The molecule has 0 radical (unpaired) electrons. The first-order valence-corrected chi connectivity index (χ1v) is 12.8. The topological polar surface area (TPSA) is 148 Å². The van der Waals surface area contributed by atoms with E-state index in [1.165, 1.54) is 18.3 Å². The number of halogens is 3. The average Bonchev–Trinajstić information content (AvgIpc) is 3.37. The van der Waals surface area contributed by atoms with Crippen molar-refractivity contribution in [3.8, 4) is 0 Å². The minimum atomic E-state index is -4.69. The van der Waals surface area contributed by atoms with Crippen molar-refractivity contribution >= 4 is 49.1 Å². The van der Waals surface area contributed by atoms with Crippen LogP contribution in [-0.2, 0) is 22.6 Å². The number of pyridine rings is 3. The predicted octanol–water partition coefficient (Wildman–Crippen LogP) is 3.75. The highest BCUT2D eigenvalue weighted by Crippen LogP contribution is 2.31. The summed E-state index contributed by atoms with van der Waals surface area (Å²) in [6.45, 7) is -0.160. The van der Waals surface area contributed by atoms with Crippen LogP contribution in [0, 0.1) is 0 Å². The Morgan fingerprint density at radius 3 is 2.55 bits per heavy atom. The third kappa shape index (κ3) is 4.61. The van der Waals surface area contributed by atoms with E-state index >= 15 is 0 Å². The van der Waals surface area contributed by atoms with E-state index in [0.717, 1.165) is 28.8 Å². The van der Waals surface area contributed by atoms with E-state index in [4.69, 9.17) is 5.73 Å². The molecule has 4 heterocycles. The van der Waals surface area contributed by atoms with Crippen molar-refractivity contribution in [1.29, 1.82) is 0 Å². The van der Waals surface area contributed by atoms with Crippen LogP contribution in [0.15, 0.2) is 66.1 Å². The number of fused-ring (bicyclic) bond motifs is 3. The van der Waals surface area contributed by atoms with Crippen LogP contribution in [0.2, 0.25) is 0 Å². The van der Waals surface area contributed by atoms with Gasteiger partial charge in [0.25, 0.3) is 5.91 Å². The Hall–Kier alpha value is -4.59. The first-order chi connectivity index (χ1) is 17.9. The highest BCUT2D eigenvalue weighted by molar-refractivity contribution is 7.90. The van der Waals surface area contributed by atoms with Crippen LogP contribution < -0.4 is 10.6 Å². The quantitative estimate of drug-likeness (QED) is 0.342. The molecular formula is C24H18F3N7O3S. The van der Waals surface area contributed by atoms with Gasteiger partial charge in [0, 0.05) is 24.0 Å². The van der Waals surface area contributed by atoms with Gasteiger partial charge in [-0.25, -0.2) is 18.4 Å². The molecule has 1 amide bonds. The van der Waals surface area contributed by atoms with Gasteiger partial charge in [-0.15, -0.1) is 0 Å². The second-order valence-corrected chi connectivity index (χ2v) is 10.4. The number of rotatable bonds is 5. The number of H-pyrrole nitrogens is 1. The molecule has 3 N–H and O–H groups in total. The Morgan fingerprint density at radius 2 is 1.87 bits per heavy atom. The summed E-state index contributed by atoms with van der Waals surface area (Å²) in [5, 5.41) is 7.87. The molecule has 0 aliphatic carbocycles. The number of hydrogen-bond donors (Lipinski definition) is 2. The van der Waals surface area contributed by atoms with E-state index in [-0.39, 0.29) is 28.6 Å². The van der Waals surface area contributed by atoms with E-state index in [1.54, 1.807) is 24.4 Å². The summed E-state index contributed by atoms with van der Waals surface area (Å²) in [4.78, 5) is 26.4. The predicted molar refractivity (Wildman–Crippen MR) is 133 cm³/mol. The number of alkyl halides is 3. The lowest BCUT2D eigenvalue weighted by Gasteiger charge is -2.24. The number of carbonyl (C=O) groups is 1. The fourth-order valence-electron chi connectivity index (χ4n) is 4.02. The standard InChI is InChI=1S/C24H18F3N7O3S/c1-38(36,37)22-18(3-2-8-29-22)34(23(35)14-5-7-19(30-10-14)24(25,26)27)12-13-4-6-15-17(9-13)32-21(28)16-11-31-33-20(15)16/h2-11H,12H2,1H3,(H2,28,32)(H,31,33). The van der Waals surface area contributed by atoms with Crippen LogP contribution in [0.5, 0.6) is 0 Å². The van der Waals surface area contributed by atoms with Crippen LogP contribution in [0.25, 0.3) is 21.8 Å². The number of nitrogen functional groups attached to an aromatic ring is 1. The molecule has 0 bridgehead atoms. The molecule has 0 atom stereocenters. The zero-order chi connectivity index (χ0) is 27.2. The number of carbonyl (C=O) groups excluding carboxylic acids is 1. The van der Waals surface area contributed by atoms with Gasteiger partial charge in [0.2, 0.25) is 0 Å². The Bertz CT molecular complexity index is 1800. The summed E-state index contributed by atoms with van der Waals surface area (Å²) >= 11 is 0. The molecular weight excluding hydrogens is 523 g/mol. The first kappa shape index (κ1) is 25.1. The van der Waals surface area contributed by atoms with Crippen molar-refractivity contribution in [2.45, 2.75) is 17.7 Å². The first-order valence-electron chi connectivity index (χ1n) is 10.9. The van der Waals surface area contributed by atoms with Gasteiger partial charge in [-0.2, -0.15) is 18.3 Å². The van der Waals surface area contributed by atoms with Crippen LogP contribution in [0.3, 0.4) is 0 Å². The Morgan fingerprint density at radius 1 is 1.08 bits per heavy atom. The highest BCUT2D eigenvalue weighted by Gasteiger charge is 2.33. The van der Waals surface area contributed by atoms with Gasteiger partial charge in [0.1, 0.15) is 11.5 Å². The monoisotopic (exact) mass is 541 g/mol. The SMILES string of the molecule is CS(=O)(=O)c1ncccc1N(Cc1ccc2c(c1)nc(N)c1cn[nH]c12)C(=O)c1ccc(C(F)(F)F)nc1. The number of benzene rings is 1. The second kappa shape index (κ2) is 9.06. The number of aromatic amines is 1. The lowest BCUT2D eigenvalue weighted by molar-refractivity contribution is -0.141. The Kier molecular flexibility index (Phi) is 5.98. The van der Waals surface area contributed by atoms with Gasteiger partial charge < -0.3 is 10.6 Å². The normalized spacial score (nSPS) is 12.2. The summed E-state index contributed by atoms with van der Waals surface area (Å²) in [7, 11) is -3.88. The molecule has 38 heavy (non-hydrogen) atoms. The summed E-state index contributed by atoms with van der Waals surface area (Å²) in [6.07, 6.45) is -0.126. The number of hydrogen-bond acceptors (Lipinski definition) is 8. The van der Waals surface area contributed by atoms with Gasteiger partial charge in [0.15, 0.2) is 14.9 Å². The summed E-state index contributed by atoms with van der Waals surface area (Å²) in [5.74, 6) is -0.533.